The van der Waals surface area contributed by atoms with E-state index in [1.165, 1.54) is 36.5 Å². The molecule has 0 saturated carbocycles. The van der Waals surface area contributed by atoms with Gasteiger partial charge in [-0.2, -0.15) is 4.98 Å². The molecule has 1 atom stereocenters. The maximum atomic E-state index is 14.1. The number of rotatable bonds is 6. The quantitative estimate of drug-likeness (QED) is 0.505. The number of nitrogens with one attached hydrogen (secondary N) is 2. The number of aromatic nitrogens is 2. The fourth-order valence-electron chi connectivity index (χ4n) is 2.63. The maximum Gasteiger partial charge on any atom is 0.332 e. The van der Waals surface area contributed by atoms with Gasteiger partial charge < -0.3 is 15.7 Å². The molecule has 2 aromatic carbocycles. The second kappa shape index (κ2) is 9.23. The van der Waals surface area contributed by atoms with Crippen molar-refractivity contribution in [2.75, 3.05) is 15.5 Å². The van der Waals surface area contributed by atoms with Crippen LogP contribution in [0.5, 0.6) is 0 Å². The molecule has 0 saturated heterocycles. The van der Waals surface area contributed by atoms with Crippen LogP contribution in [0.15, 0.2) is 54.7 Å². The molecule has 0 bridgehead atoms. The minimum Gasteiger partial charge on any atom is -0.388 e. The first-order valence-electron chi connectivity index (χ1n) is 9.69. The van der Waals surface area contributed by atoms with Gasteiger partial charge in [0.1, 0.15) is 11.6 Å². The van der Waals surface area contributed by atoms with Gasteiger partial charge in [0.25, 0.3) is 0 Å². The van der Waals surface area contributed by atoms with Crippen molar-refractivity contribution < 1.29 is 23.1 Å². The van der Waals surface area contributed by atoms with Gasteiger partial charge in [-0.3, -0.25) is 0 Å². The predicted molar refractivity (Wildman–Crippen MR) is 115 cm³/mol. The van der Waals surface area contributed by atoms with Gasteiger partial charge in [0.05, 0.1) is 23.0 Å². The summed E-state index contributed by atoms with van der Waals surface area (Å²) in [7, 11) is 0. The molecule has 1 heterocycles. The Hall–Kier alpha value is -3.66. The number of benzene rings is 2. The van der Waals surface area contributed by atoms with Gasteiger partial charge in [0.15, 0.2) is 11.6 Å². The van der Waals surface area contributed by atoms with Gasteiger partial charge in [0, 0.05) is 12.3 Å². The zero-order chi connectivity index (χ0) is 23.5. The third kappa shape index (κ3) is 5.33. The molecule has 3 aromatic rings. The Bertz CT molecular complexity index is 1100. The monoisotopic (exact) mass is 445 g/mol. The van der Waals surface area contributed by atoms with Crippen molar-refractivity contribution >= 4 is 29.2 Å². The van der Waals surface area contributed by atoms with E-state index in [0.717, 1.165) is 23.1 Å². The maximum absolute atomic E-state index is 14.1. The fourth-order valence-corrected chi connectivity index (χ4v) is 2.63. The number of halogens is 3. The summed E-state index contributed by atoms with van der Waals surface area (Å²) in [4.78, 5) is 22.5. The molecular formula is C22H22F3N5O2. The molecule has 0 aliphatic carbocycles. The Kier molecular flexibility index (Phi) is 6.64. The van der Waals surface area contributed by atoms with Gasteiger partial charge in [-0.1, -0.05) is 6.07 Å². The third-order valence-corrected chi connectivity index (χ3v) is 4.76. The molecule has 3 N–H and O–H groups in total. The van der Waals surface area contributed by atoms with Crippen molar-refractivity contribution in [3.63, 3.8) is 0 Å². The summed E-state index contributed by atoms with van der Waals surface area (Å²) < 4.78 is 41.1. The topological polar surface area (TPSA) is 90.4 Å². The minimum atomic E-state index is -1.22. The van der Waals surface area contributed by atoms with Crippen molar-refractivity contribution in [1.82, 2.24) is 9.97 Å². The smallest absolute Gasteiger partial charge is 0.332 e. The van der Waals surface area contributed by atoms with Crippen LogP contribution in [0.1, 0.15) is 20.8 Å². The summed E-state index contributed by atoms with van der Waals surface area (Å²) in [5.41, 5.74) is -1.23. The van der Waals surface area contributed by atoms with Crippen molar-refractivity contribution in [1.29, 1.82) is 0 Å². The molecule has 2 amide bonds. The summed E-state index contributed by atoms with van der Waals surface area (Å²) in [6, 6.07) is 8.48. The Morgan fingerprint density at radius 1 is 1.09 bits per heavy atom. The fraction of sp³-hybridized carbons (Fsp3) is 0.227. The molecule has 1 aromatic heterocycles. The van der Waals surface area contributed by atoms with E-state index >= 15 is 0 Å². The highest BCUT2D eigenvalue weighted by molar-refractivity contribution is 6.06. The number of carbonyl (C=O) groups excluding carboxylic acids is 1. The van der Waals surface area contributed by atoms with Crippen LogP contribution in [0.4, 0.5) is 41.1 Å². The normalized spacial score (nSPS) is 12.2. The molecule has 0 aliphatic rings. The highest BCUT2D eigenvalue weighted by atomic mass is 19.2. The summed E-state index contributed by atoms with van der Waals surface area (Å²) in [6.45, 7) is 4.95. The Balaban J connectivity index is 1.98. The van der Waals surface area contributed by atoms with Crippen LogP contribution in [-0.4, -0.2) is 32.7 Å². The number of urea groups is 1. The second-order valence-corrected chi connectivity index (χ2v) is 7.60. The number of aliphatic hydroxyl groups is 1. The molecule has 0 spiro atoms. The van der Waals surface area contributed by atoms with Crippen molar-refractivity contribution in [2.45, 2.75) is 32.4 Å². The summed E-state index contributed by atoms with van der Waals surface area (Å²) in [5, 5.41) is 15.4. The number of hydrogen-bond donors (Lipinski definition) is 3. The van der Waals surface area contributed by atoms with Gasteiger partial charge in [-0.15, -0.1) is 0 Å². The average molecular weight is 445 g/mol. The van der Waals surface area contributed by atoms with E-state index in [9.17, 15) is 23.1 Å². The van der Waals surface area contributed by atoms with E-state index in [1.54, 1.807) is 20.8 Å². The number of nitrogens with zero attached hydrogens (tertiary/aromatic N) is 3. The molecule has 10 heteroatoms. The van der Waals surface area contributed by atoms with Crippen LogP contribution in [0.25, 0.3) is 0 Å². The van der Waals surface area contributed by atoms with Crippen LogP contribution < -0.4 is 15.5 Å². The molecule has 1 unspecified atom stereocenters. The highest BCUT2D eigenvalue weighted by Gasteiger charge is 2.25. The highest BCUT2D eigenvalue weighted by Crippen LogP contribution is 2.27. The minimum absolute atomic E-state index is 0.0753. The SMILES string of the molecule is CC(Nc1nccc(N(C(=O)Nc2cccc(F)c2F)c2ccc(F)cc2)n1)C(C)(C)O. The summed E-state index contributed by atoms with van der Waals surface area (Å²) in [6.07, 6.45) is 1.38. The third-order valence-electron chi connectivity index (χ3n) is 4.76. The largest absolute Gasteiger partial charge is 0.388 e. The van der Waals surface area contributed by atoms with E-state index in [2.05, 4.69) is 20.6 Å². The summed E-state index contributed by atoms with van der Waals surface area (Å²) in [5.74, 6) is -2.66. The number of carbonyl (C=O) groups is 1. The Labute approximate surface area is 182 Å². The van der Waals surface area contributed by atoms with Crippen molar-refractivity contribution in [2.24, 2.45) is 0 Å². The molecular weight excluding hydrogens is 423 g/mol. The number of anilines is 4. The van der Waals surface area contributed by atoms with Gasteiger partial charge in [-0.25, -0.2) is 27.8 Å². The van der Waals surface area contributed by atoms with E-state index in [1.807, 2.05) is 0 Å². The van der Waals surface area contributed by atoms with Crippen molar-refractivity contribution in [3.8, 4) is 0 Å². The molecule has 0 radical (unpaired) electrons. The van der Waals surface area contributed by atoms with E-state index in [-0.39, 0.29) is 23.1 Å². The zero-order valence-electron chi connectivity index (χ0n) is 17.6. The van der Waals surface area contributed by atoms with Gasteiger partial charge in [0.2, 0.25) is 5.95 Å². The van der Waals surface area contributed by atoms with E-state index < -0.39 is 35.1 Å². The lowest BCUT2D eigenvalue weighted by Gasteiger charge is -2.27. The second-order valence-electron chi connectivity index (χ2n) is 7.60. The van der Waals surface area contributed by atoms with Crippen LogP contribution in [0.2, 0.25) is 0 Å². The van der Waals surface area contributed by atoms with Gasteiger partial charge in [-0.05, 0) is 57.2 Å². The first kappa shape index (κ1) is 23.0. The zero-order valence-corrected chi connectivity index (χ0v) is 17.6. The van der Waals surface area contributed by atoms with Crippen molar-refractivity contribution in [3.05, 3.63) is 72.2 Å². The Morgan fingerprint density at radius 2 is 1.78 bits per heavy atom. The predicted octanol–water partition coefficient (Wildman–Crippen LogP) is 4.84. The molecule has 0 aliphatic heterocycles. The van der Waals surface area contributed by atoms with Crippen LogP contribution in [0.3, 0.4) is 0 Å². The first-order valence-corrected chi connectivity index (χ1v) is 9.69. The molecule has 168 valence electrons. The number of hydrogen-bond acceptors (Lipinski definition) is 5. The van der Waals surface area contributed by atoms with Crippen LogP contribution in [-0.2, 0) is 0 Å². The Morgan fingerprint density at radius 3 is 2.44 bits per heavy atom. The van der Waals surface area contributed by atoms with Crippen LogP contribution >= 0.6 is 0 Å². The lowest BCUT2D eigenvalue weighted by atomic mass is 10.0. The summed E-state index contributed by atoms with van der Waals surface area (Å²) >= 11 is 0. The first-order chi connectivity index (χ1) is 15.1. The van der Waals surface area contributed by atoms with Crippen LogP contribution in [0, 0.1) is 17.5 Å². The standard InChI is InChI=1S/C22H22F3N5O2/c1-13(22(2,3)32)27-20-26-12-11-18(29-20)30(15-9-7-14(23)8-10-15)21(31)28-17-6-4-5-16(24)19(17)25/h4-13,32H,1-3H3,(H,28,31)(H,26,27,29). The molecule has 32 heavy (non-hydrogen) atoms. The molecule has 3 rings (SSSR count). The lowest BCUT2D eigenvalue weighted by molar-refractivity contribution is 0.0646. The average Bonchev–Trinajstić information content (AvgIpc) is 2.73. The van der Waals surface area contributed by atoms with Gasteiger partial charge >= 0.3 is 6.03 Å². The lowest BCUT2D eigenvalue weighted by Crippen LogP contribution is -2.40. The van der Waals surface area contributed by atoms with E-state index in [4.69, 9.17) is 0 Å². The number of amides is 2. The molecule has 7 nitrogen and oxygen atoms in total. The van der Waals surface area contributed by atoms with E-state index in [0.29, 0.717) is 0 Å². The molecule has 0 fully saturated rings.